The number of nitrogens with two attached hydrogens (primary N) is 1. The molecular formula is C12H25NO5. The number of hydrogen-bond acceptors (Lipinski definition) is 6. The Balaban J connectivity index is 2.33. The Hall–Kier alpha value is -0.240. The molecule has 0 bridgehead atoms. The molecular weight excluding hydrogens is 238 g/mol. The number of hydrogen-bond donors (Lipinski definition) is 3. The first-order chi connectivity index (χ1) is 8.61. The molecule has 1 fully saturated rings. The molecule has 0 aromatic rings. The summed E-state index contributed by atoms with van der Waals surface area (Å²) >= 11 is 0. The first kappa shape index (κ1) is 15.8. The molecule has 0 amide bonds. The maximum atomic E-state index is 9.87. The van der Waals surface area contributed by atoms with Gasteiger partial charge in [0.1, 0.15) is 18.3 Å². The fourth-order valence-electron chi connectivity index (χ4n) is 2.09. The lowest BCUT2D eigenvalue weighted by atomic mass is 10.00. The van der Waals surface area contributed by atoms with Crippen molar-refractivity contribution in [3.05, 3.63) is 0 Å². The van der Waals surface area contributed by atoms with Gasteiger partial charge in [-0.2, -0.15) is 0 Å². The third kappa shape index (κ3) is 4.15. The van der Waals surface area contributed by atoms with Crippen molar-refractivity contribution in [1.29, 1.82) is 0 Å². The summed E-state index contributed by atoms with van der Waals surface area (Å²) in [6.07, 6.45) is -0.908. The first-order valence-electron chi connectivity index (χ1n) is 6.48. The maximum Gasteiger partial charge on any atom is 0.186 e. The average Bonchev–Trinajstić information content (AvgIpc) is 2.35. The molecule has 1 aliphatic heterocycles. The van der Waals surface area contributed by atoms with Crippen LogP contribution in [0.25, 0.3) is 0 Å². The van der Waals surface area contributed by atoms with Crippen molar-refractivity contribution in [2.75, 3.05) is 20.3 Å². The second-order valence-corrected chi connectivity index (χ2v) is 4.61. The van der Waals surface area contributed by atoms with Crippen LogP contribution in [-0.2, 0) is 14.2 Å². The molecule has 0 spiro atoms. The van der Waals surface area contributed by atoms with Crippen LogP contribution in [0, 0.1) is 0 Å². The number of unbranched alkanes of at least 4 members (excludes halogenated alkanes) is 2. The number of rotatable bonds is 7. The van der Waals surface area contributed by atoms with Gasteiger partial charge in [0.25, 0.3) is 0 Å². The molecule has 0 radical (unpaired) electrons. The van der Waals surface area contributed by atoms with E-state index in [0.29, 0.717) is 13.2 Å². The molecule has 1 saturated heterocycles. The molecule has 18 heavy (non-hydrogen) atoms. The molecule has 0 aromatic heterocycles. The molecule has 5 unspecified atom stereocenters. The number of aliphatic hydroxyl groups is 2. The van der Waals surface area contributed by atoms with Crippen molar-refractivity contribution in [1.82, 2.24) is 0 Å². The highest BCUT2D eigenvalue weighted by molar-refractivity contribution is 4.88. The molecule has 1 heterocycles. The van der Waals surface area contributed by atoms with Crippen LogP contribution in [0.4, 0.5) is 0 Å². The Morgan fingerprint density at radius 1 is 1.17 bits per heavy atom. The molecule has 1 aliphatic rings. The van der Waals surface area contributed by atoms with Crippen LogP contribution in [-0.4, -0.2) is 61.2 Å². The van der Waals surface area contributed by atoms with E-state index in [-0.39, 0.29) is 6.10 Å². The Kier molecular flexibility index (Phi) is 7.06. The predicted octanol–water partition coefficient (Wildman–Crippen LogP) is -0.386. The second-order valence-electron chi connectivity index (χ2n) is 4.61. The maximum absolute atomic E-state index is 9.87. The predicted molar refractivity (Wildman–Crippen MR) is 66.0 cm³/mol. The average molecular weight is 263 g/mol. The van der Waals surface area contributed by atoms with Gasteiger partial charge in [-0.25, -0.2) is 0 Å². The summed E-state index contributed by atoms with van der Waals surface area (Å²) < 4.78 is 16.0. The molecule has 108 valence electrons. The van der Waals surface area contributed by atoms with Crippen LogP contribution in [0.1, 0.15) is 26.2 Å². The van der Waals surface area contributed by atoms with Crippen LogP contribution in [0.2, 0.25) is 0 Å². The van der Waals surface area contributed by atoms with E-state index in [2.05, 4.69) is 0 Å². The van der Waals surface area contributed by atoms with Gasteiger partial charge in [0, 0.05) is 13.7 Å². The van der Waals surface area contributed by atoms with Gasteiger partial charge in [0.2, 0.25) is 0 Å². The van der Waals surface area contributed by atoms with Crippen LogP contribution in [0.3, 0.4) is 0 Å². The minimum atomic E-state index is -1.08. The molecule has 6 heteroatoms. The Bertz CT molecular complexity index is 229. The Morgan fingerprint density at radius 3 is 2.50 bits per heavy atom. The summed E-state index contributed by atoms with van der Waals surface area (Å²) in [6.45, 7) is 2.95. The number of ether oxygens (including phenoxy) is 3. The number of aliphatic hydroxyl groups excluding tert-OH is 2. The van der Waals surface area contributed by atoms with Crippen LogP contribution in [0.5, 0.6) is 0 Å². The third-order valence-electron chi connectivity index (χ3n) is 3.18. The zero-order chi connectivity index (χ0) is 13.5. The van der Waals surface area contributed by atoms with E-state index in [4.69, 9.17) is 19.9 Å². The molecule has 6 nitrogen and oxygen atoms in total. The van der Waals surface area contributed by atoms with E-state index in [0.717, 1.165) is 19.3 Å². The Labute approximate surface area is 108 Å². The standard InChI is InChI=1S/C12H25NO5/c1-8-11(16-2)9(14)10(15)12(18-8)17-7-5-3-4-6-13/h8-12,14-15H,3-7,13H2,1-2H3. The summed E-state index contributed by atoms with van der Waals surface area (Å²) in [5.41, 5.74) is 5.39. The quantitative estimate of drug-likeness (QED) is 0.542. The molecule has 0 aliphatic carbocycles. The highest BCUT2D eigenvalue weighted by Gasteiger charge is 2.43. The van der Waals surface area contributed by atoms with Gasteiger partial charge in [0.15, 0.2) is 6.29 Å². The minimum Gasteiger partial charge on any atom is -0.387 e. The highest BCUT2D eigenvalue weighted by Crippen LogP contribution is 2.23. The fraction of sp³-hybridized carbons (Fsp3) is 1.00. The van der Waals surface area contributed by atoms with Gasteiger partial charge in [-0.3, -0.25) is 0 Å². The van der Waals surface area contributed by atoms with Gasteiger partial charge >= 0.3 is 0 Å². The van der Waals surface area contributed by atoms with Crippen molar-refractivity contribution in [2.45, 2.75) is 56.9 Å². The van der Waals surface area contributed by atoms with Crippen LogP contribution in [0.15, 0.2) is 0 Å². The summed E-state index contributed by atoms with van der Waals surface area (Å²) in [5.74, 6) is 0. The summed E-state index contributed by atoms with van der Waals surface area (Å²) in [5, 5.41) is 19.7. The minimum absolute atomic E-state index is 0.317. The van der Waals surface area contributed by atoms with Crippen molar-refractivity contribution in [3.63, 3.8) is 0 Å². The second kappa shape index (κ2) is 8.04. The topological polar surface area (TPSA) is 94.2 Å². The molecule has 0 aromatic carbocycles. The molecule has 0 saturated carbocycles. The molecule has 1 rings (SSSR count). The van der Waals surface area contributed by atoms with Crippen molar-refractivity contribution >= 4 is 0 Å². The van der Waals surface area contributed by atoms with Crippen LogP contribution < -0.4 is 5.73 Å². The van der Waals surface area contributed by atoms with E-state index in [1.165, 1.54) is 7.11 Å². The van der Waals surface area contributed by atoms with E-state index in [1.807, 2.05) is 0 Å². The normalized spacial score (nSPS) is 36.8. The monoisotopic (exact) mass is 263 g/mol. The van der Waals surface area contributed by atoms with E-state index in [1.54, 1.807) is 6.92 Å². The zero-order valence-electron chi connectivity index (χ0n) is 11.1. The first-order valence-corrected chi connectivity index (χ1v) is 6.48. The SMILES string of the molecule is COC1C(C)OC(OCCCCCN)C(O)C1O. The van der Waals surface area contributed by atoms with Gasteiger partial charge in [-0.05, 0) is 32.7 Å². The number of methoxy groups -OCH3 is 1. The smallest absolute Gasteiger partial charge is 0.186 e. The van der Waals surface area contributed by atoms with Crippen molar-refractivity contribution in [2.24, 2.45) is 5.73 Å². The van der Waals surface area contributed by atoms with E-state index in [9.17, 15) is 10.2 Å². The lowest BCUT2D eigenvalue weighted by Crippen LogP contribution is -2.58. The lowest BCUT2D eigenvalue weighted by Gasteiger charge is -2.40. The molecule has 4 N–H and O–H groups in total. The van der Waals surface area contributed by atoms with E-state index < -0.39 is 24.6 Å². The zero-order valence-corrected chi connectivity index (χ0v) is 11.1. The van der Waals surface area contributed by atoms with Crippen LogP contribution >= 0.6 is 0 Å². The van der Waals surface area contributed by atoms with Gasteiger partial charge < -0.3 is 30.2 Å². The lowest BCUT2D eigenvalue weighted by molar-refractivity contribution is -0.296. The van der Waals surface area contributed by atoms with Crippen molar-refractivity contribution in [3.8, 4) is 0 Å². The third-order valence-corrected chi connectivity index (χ3v) is 3.18. The van der Waals surface area contributed by atoms with Gasteiger partial charge in [-0.15, -0.1) is 0 Å². The highest BCUT2D eigenvalue weighted by atomic mass is 16.7. The molecule has 5 atom stereocenters. The van der Waals surface area contributed by atoms with Gasteiger partial charge in [-0.1, -0.05) is 0 Å². The summed E-state index contributed by atoms with van der Waals surface area (Å²) in [4.78, 5) is 0. The van der Waals surface area contributed by atoms with Crippen molar-refractivity contribution < 1.29 is 24.4 Å². The van der Waals surface area contributed by atoms with Gasteiger partial charge in [0.05, 0.1) is 6.10 Å². The fourth-order valence-corrected chi connectivity index (χ4v) is 2.09. The Morgan fingerprint density at radius 2 is 1.89 bits per heavy atom. The summed E-state index contributed by atoms with van der Waals surface area (Å²) in [6, 6.07) is 0. The largest absolute Gasteiger partial charge is 0.387 e. The van der Waals surface area contributed by atoms with E-state index >= 15 is 0 Å². The summed E-state index contributed by atoms with van der Waals surface area (Å²) in [7, 11) is 1.48.